The van der Waals surface area contributed by atoms with Gasteiger partial charge in [-0.1, -0.05) is 0 Å². The standard InChI is InChI=1S/C8H10F3NSe/c9-8(10,11)13-7-5-3-1-2-4-6-12/h5,7H,1-4H2/b7-5+. The summed E-state index contributed by atoms with van der Waals surface area (Å²) in [6.45, 7) is 0. The van der Waals surface area contributed by atoms with Gasteiger partial charge in [0.2, 0.25) is 0 Å². The molecule has 0 bridgehead atoms. The molecule has 0 N–H and O–H groups in total. The SMILES string of the molecule is N#CCCCC/C=C/[Se]C(F)(F)F. The minimum atomic E-state index is -4.03. The second kappa shape index (κ2) is 6.99. The maximum absolute atomic E-state index is 11.6. The van der Waals surface area contributed by atoms with Crippen LogP contribution in [0.3, 0.4) is 0 Å². The fourth-order valence-corrected chi connectivity index (χ4v) is 1.47. The van der Waals surface area contributed by atoms with Gasteiger partial charge < -0.3 is 0 Å². The molecular weight excluding hydrogens is 246 g/mol. The molecule has 0 aliphatic heterocycles. The number of hydrogen-bond donors (Lipinski definition) is 0. The fourth-order valence-electron chi connectivity index (χ4n) is 0.660. The third-order valence-corrected chi connectivity index (χ3v) is 2.46. The predicted octanol–water partition coefficient (Wildman–Crippen LogP) is 2.81. The molecule has 0 heterocycles. The number of unbranched alkanes of at least 4 members (excludes halogenated alkanes) is 3. The van der Waals surface area contributed by atoms with Crippen molar-refractivity contribution in [2.24, 2.45) is 0 Å². The minimum absolute atomic E-state index is 0.484. The molecule has 0 atom stereocenters. The summed E-state index contributed by atoms with van der Waals surface area (Å²) in [5.41, 5.74) is 0. The van der Waals surface area contributed by atoms with E-state index in [-0.39, 0.29) is 0 Å². The van der Waals surface area contributed by atoms with Crippen LogP contribution in [-0.2, 0) is 0 Å². The molecule has 1 nitrogen and oxygen atoms in total. The molecule has 0 spiro atoms. The fraction of sp³-hybridized carbons (Fsp3) is 0.625. The van der Waals surface area contributed by atoms with Crippen LogP contribution in [0.2, 0.25) is 0 Å². The first-order valence-corrected chi connectivity index (χ1v) is 5.67. The van der Waals surface area contributed by atoms with Crippen LogP contribution < -0.4 is 0 Å². The summed E-state index contributed by atoms with van der Waals surface area (Å²) in [6, 6.07) is 1.98. The van der Waals surface area contributed by atoms with Gasteiger partial charge in [-0.05, 0) is 0 Å². The summed E-state index contributed by atoms with van der Waals surface area (Å²) >= 11 is -1.39. The van der Waals surface area contributed by atoms with E-state index in [1.165, 1.54) is 4.97 Å². The average molecular weight is 256 g/mol. The molecule has 0 aromatic carbocycles. The van der Waals surface area contributed by atoms with Gasteiger partial charge in [0.15, 0.2) is 0 Å². The summed E-state index contributed by atoms with van der Waals surface area (Å²) < 4.78 is 34.9. The van der Waals surface area contributed by atoms with E-state index in [1.54, 1.807) is 6.08 Å². The first-order chi connectivity index (χ1) is 6.06. The van der Waals surface area contributed by atoms with Crippen molar-refractivity contribution in [3.8, 4) is 6.07 Å². The van der Waals surface area contributed by atoms with E-state index in [9.17, 15) is 13.2 Å². The van der Waals surface area contributed by atoms with Crippen LogP contribution in [0.15, 0.2) is 11.1 Å². The molecule has 0 aromatic heterocycles. The van der Waals surface area contributed by atoms with Crippen LogP contribution >= 0.6 is 0 Å². The molecule has 5 heteroatoms. The van der Waals surface area contributed by atoms with Crippen LogP contribution in [-0.4, -0.2) is 20.0 Å². The zero-order valence-electron chi connectivity index (χ0n) is 6.97. The first-order valence-electron chi connectivity index (χ1n) is 3.83. The van der Waals surface area contributed by atoms with E-state index >= 15 is 0 Å². The molecule has 74 valence electrons. The van der Waals surface area contributed by atoms with E-state index in [0.29, 0.717) is 12.8 Å². The molecule has 0 unspecified atom stereocenters. The number of allylic oxidation sites excluding steroid dienone is 1. The monoisotopic (exact) mass is 257 g/mol. The zero-order valence-corrected chi connectivity index (χ0v) is 8.69. The van der Waals surface area contributed by atoms with E-state index in [4.69, 9.17) is 5.26 Å². The summed E-state index contributed by atoms with van der Waals surface area (Å²) in [4.78, 5) is 1.19. The van der Waals surface area contributed by atoms with Gasteiger partial charge in [-0.2, -0.15) is 0 Å². The van der Waals surface area contributed by atoms with Crippen molar-refractivity contribution in [3.05, 3.63) is 11.1 Å². The molecule has 0 radical (unpaired) electrons. The van der Waals surface area contributed by atoms with Crippen molar-refractivity contribution in [3.63, 3.8) is 0 Å². The average Bonchev–Trinajstić information content (AvgIpc) is 2.01. The maximum atomic E-state index is 11.6. The van der Waals surface area contributed by atoms with Crippen LogP contribution in [0, 0.1) is 11.3 Å². The normalized spacial score (nSPS) is 11.8. The Morgan fingerprint density at radius 1 is 1.31 bits per heavy atom. The number of hydrogen-bond acceptors (Lipinski definition) is 1. The Bertz CT molecular complexity index is 193. The summed E-state index contributed by atoms with van der Waals surface area (Å²) in [5, 5.41) is 4.13. The Morgan fingerprint density at radius 2 is 2.00 bits per heavy atom. The summed E-state index contributed by atoms with van der Waals surface area (Å²) in [6.07, 6.45) is 4.22. The number of nitriles is 1. The Labute approximate surface area is 81.8 Å². The third kappa shape index (κ3) is 11.5. The van der Waals surface area contributed by atoms with Crippen LogP contribution in [0.4, 0.5) is 13.2 Å². The molecule has 0 saturated carbocycles. The van der Waals surface area contributed by atoms with Gasteiger partial charge in [0.05, 0.1) is 0 Å². The topological polar surface area (TPSA) is 23.8 Å². The molecule has 0 aliphatic rings. The van der Waals surface area contributed by atoms with Crippen molar-refractivity contribution in [1.82, 2.24) is 0 Å². The van der Waals surface area contributed by atoms with Gasteiger partial charge >= 0.3 is 81.3 Å². The second-order valence-electron chi connectivity index (χ2n) is 2.34. The number of rotatable bonds is 5. The predicted molar refractivity (Wildman–Crippen MR) is 45.0 cm³/mol. The first kappa shape index (κ1) is 12.5. The Balaban J connectivity index is 3.28. The van der Waals surface area contributed by atoms with Gasteiger partial charge in [0.1, 0.15) is 0 Å². The van der Waals surface area contributed by atoms with Crippen molar-refractivity contribution in [1.29, 1.82) is 5.26 Å². The molecule has 13 heavy (non-hydrogen) atoms. The molecule has 0 amide bonds. The van der Waals surface area contributed by atoms with Gasteiger partial charge in [-0.15, -0.1) is 0 Å². The number of halogens is 3. The van der Waals surface area contributed by atoms with Crippen LogP contribution in [0.5, 0.6) is 0 Å². The van der Waals surface area contributed by atoms with Gasteiger partial charge in [0.25, 0.3) is 0 Å². The van der Waals surface area contributed by atoms with Crippen molar-refractivity contribution >= 4 is 15.0 Å². The van der Waals surface area contributed by atoms with E-state index in [0.717, 1.165) is 12.8 Å². The van der Waals surface area contributed by atoms with Gasteiger partial charge in [-0.25, -0.2) is 0 Å². The van der Waals surface area contributed by atoms with E-state index in [2.05, 4.69) is 0 Å². The molecular formula is C8H10F3NSe. The molecule has 0 aromatic rings. The van der Waals surface area contributed by atoms with Crippen LogP contribution in [0.25, 0.3) is 0 Å². The van der Waals surface area contributed by atoms with E-state index < -0.39 is 20.0 Å². The quantitative estimate of drug-likeness (QED) is 0.548. The molecule has 0 saturated heterocycles. The van der Waals surface area contributed by atoms with Gasteiger partial charge in [-0.3, -0.25) is 0 Å². The van der Waals surface area contributed by atoms with Crippen molar-refractivity contribution in [2.75, 3.05) is 0 Å². The Kier molecular flexibility index (Phi) is 6.74. The second-order valence-corrected chi connectivity index (χ2v) is 4.38. The molecule has 0 aliphatic carbocycles. The van der Waals surface area contributed by atoms with Crippen LogP contribution in [0.1, 0.15) is 25.7 Å². The number of nitrogens with zero attached hydrogens (tertiary/aromatic N) is 1. The molecule has 0 rings (SSSR count). The zero-order chi connectivity index (χ0) is 10.2. The van der Waals surface area contributed by atoms with Gasteiger partial charge in [0, 0.05) is 0 Å². The summed E-state index contributed by atoms with van der Waals surface area (Å²) in [5.74, 6) is 0. The number of alkyl halides is 3. The van der Waals surface area contributed by atoms with Crippen molar-refractivity contribution in [2.45, 2.75) is 30.8 Å². The third-order valence-electron chi connectivity index (χ3n) is 1.21. The Hall–Kier alpha value is -0.461. The van der Waals surface area contributed by atoms with E-state index in [1.807, 2.05) is 6.07 Å². The summed E-state index contributed by atoms with van der Waals surface area (Å²) in [7, 11) is 0. The van der Waals surface area contributed by atoms with Crippen molar-refractivity contribution < 1.29 is 13.2 Å². The Morgan fingerprint density at radius 3 is 2.54 bits per heavy atom. The molecule has 0 fully saturated rings.